The van der Waals surface area contributed by atoms with Crippen molar-refractivity contribution in [3.63, 3.8) is 0 Å². The first-order chi connectivity index (χ1) is 7.27. The number of para-hydroxylation sites is 1. The van der Waals surface area contributed by atoms with Crippen LogP contribution in [0, 0.1) is 4.91 Å². The summed E-state index contributed by atoms with van der Waals surface area (Å²) >= 11 is 0. The topological polar surface area (TPSA) is 61.8 Å². The average molecular weight is 207 g/mol. The van der Waals surface area contributed by atoms with Gasteiger partial charge in [0.15, 0.2) is 0 Å². The lowest BCUT2D eigenvalue weighted by Crippen LogP contribution is -2.30. The van der Waals surface area contributed by atoms with Gasteiger partial charge in [0, 0.05) is 12.2 Å². The number of carbonyl (C=O) groups excluding carboxylic acids is 1. The third-order valence-corrected chi connectivity index (χ3v) is 1.79. The summed E-state index contributed by atoms with van der Waals surface area (Å²) in [5, 5.41) is 6.08. The van der Waals surface area contributed by atoms with E-state index >= 15 is 0 Å². The average Bonchev–Trinajstić information content (AvgIpc) is 2.27. The molecule has 0 aromatic heterocycles. The van der Waals surface area contributed by atoms with E-state index in [0.29, 0.717) is 18.7 Å². The van der Waals surface area contributed by atoms with Gasteiger partial charge in [0.25, 0.3) is 0 Å². The fraction of sp³-hybridized carbons (Fsp3) is 0.300. The highest BCUT2D eigenvalue weighted by Crippen LogP contribution is 2.06. The number of amides is 2. The Morgan fingerprint density at radius 1 is 1.40 bits per heavy atom. The SMILES string of the molecule is CCCN(N=O)C(=O)Nc1ccccc1. The normalized spacial score (nSPS) is 9.40. The third kappa shape index (κ3) is 3.38. The highest BCUT2D eigenvalue weighted by Gasteiger charge is 2.12. The van der Waals surface area contributed by atoms with Crippen LogP contribution in [0.5, 0.6) is 0 Å². The molecule has 0 heterocycles. The molecule has 2 amide bonds. The Morgan fingerprint density at radius 3 is 2.60 bits per heavy atom. The van der Waals surface area contributed by atoms with Gasteiger partial charge >= 0.3 is 6.03 Å². The molecule has 0 radical (unpaired) electrons. The number of benzene rings is 1. The second-order valence-electron chi connectivity index (χ2n) is 3.00. The third-order valence-electron chi connectivity index (χ3n) is 1.79. The lowest BCUT2D eigenvalue weighted by molar-refractivity contribution is 0.213. The quantitative estimate of drug-likeness (QED) is 0.609. The maximum atomic E-state index is 11.5. The molecular weight excluding hydrogens is 194 g/mol. The molecule has 0 spiro atoms. The molecule has 5 nitrogen and oxygen atoms in total. The Kier molecular flexibility index (Phi) is 4.28. The lowest BCUT2D eigenvalue weighted by Gasteiger charge is -2.12. The summed E-state index contributed by atoms with van der Waals surface area (Å²) in [4.78, 5) is 21.8. The van der Waals surface area contributed by atoms with Crippen LogP contribution in [0.15, 0.2) is 35.6 Å². The van der Waals surface area contributed by atoms with Gasteiger partial charge in [0.05, 0.1) is 5.29 Å². The number of urea groups is 1. The number of nitroso groups, excluding NO2 is 1. The Bertz CT molecular complexity index is 327. The molecule has 0 bridgehead atoms. The van der Waals surface area contributed by atoms with Crippen LogP contribution >= 0.6 is 0 Å². The zero-order valence-electron chi connectivity index (χ0n) is 8.51. The van der Waals surface area contributed by atoms with Crippen LogP contribution < -0.4 is 5.32 Å². The summed E-state index contributed by atoms with van der Waals surface area (Å²) in [6.45, 7) is 2.19. The Labute approximate surface area is 88.0 Å². The van der Waals surface area contributed by atoms with Gasteiger partial charge in [0.2, 0.25) is 0 Å². The van der Waals surface area contributed by atoms with Crippen LogP contribution in [0.1, 0.15) is 13.3 Å². The first kappa shape index (κ1) is 11.2. The van der Waals surface area contributed by atoms with Crippen molar-refractivity contribution in [2.24, 2.45) is 5.29 Å². The van der Waals surface area contributed by atoms with Crippen molar-refractivity contribution in [2.45, 2.75) is 13.3 Å². The molecule has 1 N–H and O–H groups in total. The van der Waals surface area contributed by atoms with Crippen molar-refractivity contribution in [1.82, 2.24) is 5.01 Å². The van der Waals surface area contributed by atoms with E-state index < -0.39 is 6.03 Å². The standard InChI is InChI=1S/C10H13N3O2/c1-2-8-13(12-15)10(14)11-9-6-4-3-5-7-9/h3-7H,2,8H2,1H3,(H,11,14). The van der Waals surface area contributed by atoms with Crippen LogP contribution in [0.25, 0.3) is 0 Å². The molecule has 5 heteroatoms. The maximum absolute atomic E-state index is 11.5. The van der Waals surface area contributed by atoms with Gasteiger partial charge in [-0.2, -0.15) is 5.01 Å². The predicted octanol–water partition coefficient (Wildman–Crippen LogP) is 2.61. The summed E-state index contributed by atoms with van der Waals surface area (Å²) < 4.78 is 0. The van der Waals surface area contributed by atoms with Crippen molar-refractivity contribution in [3.8, 4) is 0 Å². The Morgan fingerprint density at radius 2 is 2.07 bits per heavy atom. The van der Waals surface area contributed by atoms with E-state index in [9.17, 15) is 9.70 Å². The summed E-state index contributed by atoms with van der Waals surface area (Å²) in [7, 11) is 0. The molecule has 80 valence electrons. The summed E-state index contributed by atoms with van der Waals surface area (Å²) in [6, 6.07) is 8.43. The summed E-state index contributed by atoms with van der Waals surface area (Å²) in [6.07, 6.45) is 0.688. The minimum Gasteiger partial charge on any atom is -0.306 e. The summed E-state index contributed by atoms with van der Waals surface area (Å²) in [5.74, 6) is 0. The second-order valence-corrected chi connectivity index (χ2v) is 3.00. The fourth-order valence-electron chi connectivity index (χ4n) is 1.10. The summed E-state index contributed by atoms with van der Waals surface area (Å²) in [5.41, 5.74) is 0.646. The van der Waals surface area contributed by atoms with Crippen LogP contribution in [-0.2, 0) is 0 Å². The van der Waals surface area contributed by atoms with Gasteiger partial charge in [-0.15, -0.1) is 4.91 Å². The minimum absolute atomic E-state index is 0.322. The highest BCUT2D eigenvalue weighted by atomic mass is 16.3. The van der Waals surface area contributed by atoms with Crippen molar-refractivity contribution >= 4 is 11.7 Å². The van der Waals surface area contributed by atoms with Gasteiger partial charge in [-0.3, -0.25) is 0 Å². The number of hydrogen-bond acceptors (Lipinski definition) is 3. The van der Waals surface area contributed by atoms with E-state index in [1.165, 1.54) is 0 Å². The van der Waals surface area contributed by atoms with Crippen molar-refractivity contribution < 1.29 is 4.79 Å². The van der Waals surface area contributed by atoms with Crippen molar-refractivity contribution in [3.05, 3.63) is 35.2 Å². The molecule has 0 saturated carbocycles. The number of hydrogen-bond donors (Lipinski definition) is 1. The molecule has 0 aliphatic carbocycles. The van der Waals surface area contributed by atoms with Crippen molar-refractivity contribution in [2.75, 3.05) is 11.9 Å². The van der Waals surface area contributed by atoms with E-state index in [2.05, 4.69) is 10.6 Å². The second kappa shape index (κ2) is 5.74. The van der Waals surface area contributed by atoms with E-state index in [1.807, 2.05) is 13.0 Å². The van der Waals surface area contributed by atoms with Gasteiger partial charge in [-0.1, -0.05) is 25.1 Å². The zero-order chi connectivity index (χ0) is 11.1. The first-order valence-electron chi connectivity index (χ1n) is 4.74. The molecule has 15 heavy (non-hydrogen) atoms. The molecule has 0 atom stereocenters. The number of nitrogens with zero attached hydrogens (tertiary/aromatic N) is 2. The van der Waals surface area contributed by atoms with Crippen LogP contribution in [0.3, 0.4) is 0 Å². The molecular formula is C10H13N3O2. The smallest absolute Gasteiger partial charge is 0.306 e. The van der Waals surface area contributed by atoms with Crippen molar-refractivity contribution in [1.29, 1.82) is 0 Å². The van der Waals surface area contributed by atoms with Crippen LogP contribution in [0.2, 0.25) is 0 Å². The molecule has 0 unspecified atom stereocenters. The van der Waals surface area contributed by atoms with Crippen LogP contribution in [-0.4, -0.2) is 17.6 Å². The predicted molar refractivity (Wildman–Crippen MR) is 58.3 cm³/mol. The first-order valence-corrected chi connectivity index (χ1v) is 4.74. The molecule has 0 saturated heterocycles. The number of rotatable bonds is 4. The van der Waals surface area contributed by atoms with Crippen LogP contribution in [0.4, 0.5) is 10.5 Å². The maximum Gasteiger partial charge on any atom is 0.344 e. The fourth-order valence-corrected chi connectivity index (χ4v) is 1.10. The molecule has 1 aromatic rings. The largest absolute Gasteiger partial charge is 0.344 e. The number of nitrogens with one attached hydrogen (secondary N) is 1. The molecule has 1 aromatic carbocycles. The van der Waals surface area contributed by atoms with Gasteiger partial charge < -0.3 is 5.32 Å². The van der Waals surface area contributed by atoms with Gasteiger partial charge in [0.1, 0.15) is 0 Å². The van der Waals surface area contributed by atoms with Gasteiger partial charge in [-0.25, -0.2) is 4.79 Å². The number of carbonyl (C=O) groups is 1. The molecule has 0 aliphatic rings. The van der Waals surface area contributed by atoms with E-state index in [4.69, 9.17) is 0 Å². The lowest BCUT2D eigenvalue weighted by atomic mass is 10.3. The zero-order valence-corrected chi connectivity index (χ0v) is 8.51. The monoisotopic (exact) mass is 207 g/mol. The molecule has 0 aliphatic heterocycles. The van der Waals surface area contributed by atoms with E-state index in [-0.39, 0.29) is 0 Å². The van der Waals surface area contributed by atoms with Gasteiger partial charge in [-0.05, 0) is 18.6 Å². The Hall–Kier alpha value is -1.91. The number of anilines is 1. The highest BCUT2D eigenvalue weighted by molar-refractivity contribution is 5.88. The minimum atomic E-state index is -0.502. The molecule has 1 rings (SSSR count). The van der Waals surface area contributed by atoms with E-state index in [1.54, 1.807) is 24.3 Å². The van der Waals surface area contributed by atoms with E-state index in [0.717, 1.165) is 5.01 Å². The molecule has 0 fully saturated rings. The Balaban J connectivity index is 2.58.